The molecule has 4 saturated carbocycles. The van der Waals surface area contributed by atoms with Crippen LogP contribution in [0.1, 0.15) is 85.1 Å². The van der Waals surface area contributed by atoms with Crippen LogP contribution in [-0.4, -0.2) is 34.3 Å². The van der Waals surface area contributed by atoms with Crippen LogP contribution >= 0.6 is 0 Å². The summed E-state index contributed by atoms with van der Waals surface area (Å²) in [5.74, 6) is 2.19. The van der Waals surface area contributed by atoms with Crippen molar-refractivity contribution in [3.63, 3.8) is 0 Å². The highest BCUT2D eigenvalue weighted by Crippen LogP contribution is 2.53. The number of carbonyl (C=O) groups excluding carboxylic acids is 2. The van der Waals surface area contributed by atoms with Crippen molar-refractivity contribution in [3.8, 4) is 0 Å². The van der Waals surface area contributed by atoms with Gasteiger partial charge in [-0.3, -0.25) is 14.3 Å². The molecule has 0 saturated heterocycles. The molecule has 4 fully saturated rings. The molecule has 0 aliphatic heterocycles. The van der Waals surface area contributed by atoms with E-state index in [0.29, 0.717) is 37.1 Å². The number of ether oxygens (including phenoxy) is 1. The Labute approximate surface area is 201 Å². The molecule has 1 aromatic carbocycles. The predicted molar refractivity (Wildman–Crippen MR) is 128 cm³/mol. The molecule has 1 unspecified atom stereocenters. The monoisotopic (exact) mass is 461 g/mol. The zero-order valence-corrected chi connectivity index (χ0v) is 20.0. The van der Waals surface area contributed by atoms with Gasteiger partial charge >= 0.3 is 5.97 Å². The minimum atomic E-state index is -0.410. The van der Waals surface area contributed by atoms with Gasteiger partial charge in [0.2, 0.25) is 0 Å². The normalized spacial score (nSPS) is 31.2. The highest BCUT2D eigenvalue weighted by Gasteiger charge is 2.49. The minimum absolute atomic E-state index is 0.100. The fraction of sp³-hybridized carbons (Fsp3) is 0.607. The molecule has 34 heavy (non-hydrogen) atoms. The first-order valence-electron chi connectivity index (χ1n) is 13.2. The van der Waals surface area contributed by atoms with E-state index in [1.165, 1.54) is 32.1 Å². The Morgan fingerprint density at radius 3 is 2.44 bits per heavy atom. The molecule has 4 bridgehead atoms. The second-order valence-electron chi connectivity index (χ2n) is 11.0. The summed E-state index contributed by atoms with van der Waals surface area (Å²) in [4.78, 5) is 26.7. The van der Waals surface area contributed by atoms with Crippen LogP contribution in [0, 0.1) is 23.7 Å². The van der Waals surface area contributed by atoms with Crippen LogP contribution < -0.4 is 5.32 Å². The number of benzene rings is 1. The summed E-state index contributed by atoms with van der Waals surface area (Å²) in [7, 11) is 0. The van der Waals surface area contributed by atoms with Crippen molar-refractivity contribution in [3.05, 3.63) is 52.8 Å². The van der Waals surface area contributed by atoms with Gasteiger partial charge in [0, 0.05) is 17.3 Å². The van der Waals surface area contributed by atoms with Gasteiger partial charge in [-0.15, -0.1) is 0 Å². The number of rotatable bonds is 6. The van der Waals surface area contributed by atoms with Crippen molar-refractivity contribution in [2.75, 3.05) is 6.61 Å². The number of carbonyl (C=O) groups is 2. The molecule has 1 aromatic heterocycles. The first kappa shape index (κ1) is 21.9. The molecular weight excluding hydrogens is 426 g/mol. The lowest BCUT2D eigenvalue weighted by molar-refractivity contribution is -0.145. The van der Waals surface area contributed by atoms with Crippen LogP contribution in [0.25, 0.3) is 0 Å². The van der Waals surface area contributed by atoms with Gasteiger partial charge in [0.25, 0.3) is 5.91 Å². The predicted octanol–water partition coefficient (Wildman–Crippen LogP) is 4.47. The molecule has 0 spiro atoms. The molecule has 1 heterocycles. The van der Waals surface area contributed by atoms with Gasteiger partial charge in [0.05, 0.1) is 19.1 Å². The van der Waals surface area contributed by atoms with Gasteiger partial charge in [0.1, 0.15) is 0 Å². The van der Waals surface area contributed by atoms with Crippen LogP contribution in [0.2, 0.25) is 0 Å². The maximum absolute atomic E-state index is 13.8. The number of nitrogens with one attached hydrogen (secondary N) is 1. The molecule has 1 amide bonds. The largest absolute Gasteiger partial charge is 0.466 e. The quantitative estimate of drug-likeness (QED) is 0.644. The summed E-state index contributed by atoms with van der Waals surface area (Å²) in [6, 6.07) is 10.4. The maximum atomic E-state index is 13.8. The van der Waals surface area contributed by atoms with Crippen LogP contribution in [-0.2, 0) is 22.5 Å². The Morgan fingerprint density at radius 1 is 1.06 bits per heavy atom. The van der Waals surface area contributed by atoms with Crippen LogP contribution in [0.5, 0.6) is 0 Å². The van der Waals surface area contributed by atoms with E-state index in [2.05, 4.69) is 17.4 Å². The van der Waals surface area contributed by atoms with Crippen LogP contribution in [0.4, 0.5) is 0 Å². The zero-order valence-electron chi connectivity index (χ0n) is 20.0. The van der Waals surface area contributed by atoms with Gasteiger partial charge in [-0.05, 0) is 87.5 Å². The third-order valence-electron chi connectivity index (χ3n) is 8.84. The van der Waals surface area contributed by atoms with Gasteiger partial charge in [0.15, 0.2) is 5.69 Å². The minimum Gasteiger partial charge on any atom is -0.466 e. The summed E-state index contributed by atoms with van der Waals surface area (Å²) in [6.07, 6.45) is 8.85. The number of amides is 1. The van der Waals surface area contributed by atoms with Crippen molar-refractivity contribution in [2.24, 2.45) is 23.7 Å². The molecule has 1 atom stereocenters. The smallest absolute Gasteiger partial charge is 0.313 e. The third-order valence-corrected chi connectivity index (χ3v) is 8.84. The van der Waals surface area contributed by atoms with Gasteiger partial charge < -0.3 is 10.1 Å². The van der Waals surface area contributed by atoms with Crippen molar-refractivity contribution in [1.29, 1.82) is 0 Å². The Bertz CT molecular complexity index is 1050. The number of hydrogen-bond donors (Lipinski definition) is 1. The van der Waals surface area contributed by atoms with E-state index in [-0.39, 0.29) is 17.9 Å². The molecule has 5 aliphatic carbocycles. The van der Waals surface area contributed by atoms with Crippen molar-refractivity contribution in [1.82, 2.24) is 15.1 Å². The van der Waals surface area contributed by atoms with E-state index >= 15 is 0 Å². The second-order valence-corrected chi connectivity index (χ2v) is 11.0. The highest BCUT2D eigenvalue weighted by molar-refractivity contribution is 5.96. The first-order valence-corrected chi connectivity index (χ1v) is 13.2. The fourth-order valence-corrected chi connectivity index (χ4v) is 7.67. The van der Waals surface area contributed by atoms with E-state index in [4.69, 9.17) is 9.84 Å². The molecule has 7 rings (SSSR count). The average molecular weight is 462 g/mol. The second kappa shape index (κ2) is 8.86. The lowest BCUT2D eigenvalue weighted by atomic mass is 9.54. The van der Waals surface area contributed by atoms with E-state index in [1.807, 2.05) is 29.8 Å². The molecule has 0 radical (unpaired) electrons. The Morgan fingerprint density at radius 2 is 1.76 bits per heavy atom. The summed E-state index contributed by atoms with van der Waals surface area (Å²) >= 11 is 0. The molecule has 1 N–H and O–H groups in total. The zero-order chi connectivity index (χ0) is 23.2. The van der Waals surface area contributed by atoms with Gasteiger partial charge in [-0.1, -0.05) is 30.3 Å². The summed E-state index contributed by atoms with van der Waals surface area (Å²) in [5.41, 5.74) is 3.40. The topological polar surface area (TPSA) is 73.2 Å². The molecule has 2 aromatic rings. The van der Waals surface area contributed by atoms with Crippen molar-refractivity contribution >= 4 is 11.9 Å². The fourth-order valence-electron chi connectivity index (χ4n) is 7.67. The number of nitrogens with zero attached hydrogens (tertiary/aromatic N) is 2. The summed E-state index contributed by atoms with van der Waals surface area (Å²) in [5, 5.41) is 8.29. The number of hydrogen-bond acceptors (Lipinski definition) is 4. The maximum Gasteiger partial charge on any atom is 0.313 e. The Hall–Kier alpha value is -2.63. The summed E-state index contributed by atoms with van der Waals surface area (Å²) < 4.78 is 7.38. The molecule has 5 aliphatic rings. The lowest BCUT2D eigenvalue weighted by Crippen LogP contribution is -2.56. The standard InChI is InChI=1S/C28H35N3O3/c1-2-34-28(33)22-9-6-10-23-24(22)26(30-31(23)16-17-7-4-3-5-8-17)27(32)29-25-20-12-18-11-19(14-20)15-21(25)13-18/h3-5,7-8,18-22,25H,2,6,9-16H2,1H3,(H,29,32). The van der Waals surface area contributed by atoms with E-state index in [9.17, 15) is 9.59 Å². The Balaban J connectivity index is 1.33. The van der Waals surface area contributed by atoms with Crippen LogP contribution in [0.15, 0.2) is 30.3 Å². The van der Waals surface area contributed by atoms with Crippen molar-refractivity contribution in [2.45, 2.75) is 76.8 Å². The average Bonchev–Trinajstić information content (AvgIpc) is 3.20. The summed E-state index contributed by atoms with van der Waals surface area (Å²) in [6.45, 7) is 2.78. The van der Waals surface area contributed by atoms with Gasteiger partial charge in [-0.2, -0.15) is 5.10 Å². The molecule has 6 heteroatoms. The first-order chi connectivity index (χ1) is 16.6. The van der Waals surface area contributed by atoms with E-state index in [1.54, 1.807) is 0 Å². The highest BCUT2D eigenvalue weighted by atomic mass is 16.5. The molecular formula is C28H35N3O3. The van der Waals surface area contributed by atoms with E-state index < -0.39 is 5.92 Å². The van der Waals surface area contributed by atoms with E-state index in [0.717, 1.165) is 41.5 Å². The lowest BCUT2D eigenvalue weighted by Gasteiger charge is -2.54. The Kier molecular flexibility index (Phi) is 5.70. The molecule has 180 valence electrons. The number of esters is 1. The number of fused-ring (bicyclic) bond motifs is 1. The van der Waals surface area contributed by atoms with Crippen LogP contribution in [0.3, 0.4) is 0 Å². The third kappa shape index (κ3) is 3.85. The number of aromatic nitrogens is 2. The van der Waals surface area contributed by atoms with Gasteiger partial charge in [-0.25, -0.2) is 0 Å². The van der Waals surface area contributed by atoms with Crippen molar-refractivity contribution < 1.29 is 14.3 Å². The SMILES string of the molecule is CCOC(=O)C1CCCc2c1c(C(=O)NC1C3CC4CC(C3)CC1C4)nn2Cc1ccccc1. The molecule has 6 nitrogen and oxygen atoms in total.